The zero-order valence-corrected chi connectivity index (χ0v) is 6.95. The molecule has 0 fully saturated rings. The number of thiazole rings is 1. The van der Waals surface area contributed by atoms with Gasteiger partial charge in [-0.15, -0.1) is 11.3 Å². The van der Waals surface area contributed by atoms with Crippen LogP contribution in [-0.4, -0.2) is 4.98 Å². The van der Waals surface area contributed by atoms with E-state index < -0.39 is 0 Å². The Hall–Kier alpha value is -0.630. The molecule has 0 aliphatic rings. The molecule has 0 aromatic carbocycles. The molecule has 0 N–H and O–H groups in total. The van der Waals surface area contributed by atoms with E-state index in [0.29, 0.717) is 0 Å². The SMILES string of the molecule is C=C(CCC)c1cncs1. The second-order valence-electron chi connectivity index (χ2n) is 2.22. The van der Waals surface area contributed by atoms with Crippen LogP contribution >= 0.6 is 11.3 Å². The third-order valence-corrected chi connectivity index (χ3v) is 2.21. The van der Waals surface area contributed by atoms with Crippen LogP contribution in [-0.2, 0) is 0 Å². The summed E-state index contributed by atoms with van der Waals surface area (Å²) < 4.78 is 0. The molecule has 0 radical (unpaired) electrons. The van der Waals surface area contributed by atoms with E-state index in [0.717, 1.165) is 12.8 Å². The third kappa shape index (κ3) is 1.67. The molecular weight excluding hydrogens is 142 g/mol. The van der Waals surface area contributed by atoms with Crippen LogP contribution < -0.4 is 0 Å². The largest absolute Gasteiger partial charge is 0.253 e. The number of rotatable bonds is 3. The molecule has 0 aliphatic heterocycles. The lowest BCUT2D eigenvalue weighted by molar-refractivity contribution is 0.977. The minimum atomic E-state index is 1.09. The van der Waals surface area contributed by atoms with Gasteiger partial charge in [-0.05, 0) is 12.0 Å². The molecule has 0 unspecified atom stereocenters. The van der Waals surface area contributed by atoms with Crippen LogP contribution in [0.4, 0.5) is 0 Å². The molecule has 1 heterocycles. The second-order valence-corrected chi connectivity index (χ2v) is 3.11. The van der Waals surface area contributed by atoms with Crippen molar-refractivity contribution in [2.24, 2.45) is 0 Å². The summed E-state index contributed by atoms with van der Waals surface area (Å²) in [5, 5.41) is 0. The summed E-state index contributed by atoms with van der Waals surface area (Å²) in [4.78, 5) is 5.21. The summed E-state index contributed by atoms with van der Waals surface area (Å²) >= 11 is 1.66. The number of hydrogen-bond donors (Lipinski definition) is 0. The molecule has 0 saturated carbocycles. The van der Waals surface area contributed by atoms with Gasteiger partial charge in [0.2, 0.25) is 0 Å². The molecule has 10 heavy (non-hydrogen) atoms. The Morgan fingerprint density at radius 3 is 3.10 bits per heavy atom. The monoisotopic (exact) mass is 153 g/mol. The van der Waals surface area contributed by atoms with Gasteiger partial charge in [-0.2, -0.15) is 0 Å². The van der Waals surface area contributed by atoms with Crippen LogP contribution in [0.1, 0.15) is 24.6 Å². The lowest BCUT2D eigenvalue weighted by Gasteiger charge is -1.96. The molecule has 1 nitrogen and oxygen atoms in total. The highest BCUT2D eigenvalue weighted by molar-refractivity contribution is 7.10. The highest BCUT2D eigenvalue weighted by Crippen LogP contribution is 2.20. The lowest BCUT2D eigenvalue weighted by atomic mass is 10.1. The maximum absolute atomic E-state index is 3.98. The average molecular weight is 153 g/mol. The lowest BCUT2D eigenvalue weighted by Crippen LogP contribution is -1.74. The quantitative estimate of drug-likeness (QED) is 0.650. The summed E-state index contributed by atoms with van der Waals surface area (Å²) in [6.07, 6.45) is 4.13. The first-order valence-electron chi connectivity index (χ1n) is 3.41. The number of hydrogen-bond acceptors (Lipinski definition) is 2. The summed E-state index contributed by atoms with van der Waals surface area (Å²) in [5.74, 6) is 0. The molecule has 1 aromatic heterocycles. The van der Waals surface area contributed by atoms with Crippen LogP contribution in [0.5, 0.6) is 0 Å². The van der Waals surface area contributed by atoms with Crippen molar-refractivity contribution < 1.29 is 0 Å². The molecule has 1 rings (SSSR count). The van der Waals surface area contributed by atoms with Crippen LogP contribution in [0, 0.1) is 0 Å². The molecule has 0 spiro atoms. The van der Waals surface area contributed by atoms with Crippen molar-refractivity contribution in [3.8, 4) is 0 Å². The van der Waals surface area contributed by atoms with Gasteiger partial charge in [-0.1, -0.05) is 19.9 Å². The summed E-state index contributed by atoms with van der Waals surface area (Å²) in [6, 6.07) is 0. The van der Waals surface area contributed by atoms with Gasteiger partial charge >= 0.3 is 0 Å². The molecule has 1 aromatic rings. The fourth-order valence-corrected chi connectivity index (χ4v) is 1.44. The summed E-state index contributed by atoms with van der Waals surface area (Å²) in [7, 11) is 0. The van der Waals surface area contributed by atoms with E-state index in [4.69, 9.17) is 0 Å². The van der Waals surface area contributed by atoms with E-state index in [2.05, 4.69) is 18.5 Å². The fourth-order valence-electron chi connectivity index (χ4n) is 0.815. The molecule has 0 bridgehead atoms. The number of nitrogens with zero attached hydrogens (tertiary/aromatic N) is 1. The molecule has 0 saturated heterocycles. The third-order valence-electron chi connectivity index (χ3n) is 1.33. The van der Waals surface area contributed by atoms with E-state index in [-0.39, 0.29) is 0 Å². The predicted octanol–water partition coefficient (Wildman–Crippen LogP) is 2.96. The zero-order valence-electron chi connectivity index (χ0n) is 6.13. The average Bonchev–Trinajstić information content (AvgIpc) is 2.38. The Bertz CT molecular complexity index is 201. The first-order chi connectivity index (χ1) is 4.84. The van der Waals surface area contributed by atoms with Crippen LogP contribution in [0.3, 0.4) is 0 Å². The van der Waals surface area contributed by atoms with E-state index in [1.807, 2.05) is 11.7 Å². The Labute approximate surface area is 65.4 Å². The van der Waals surface area contributed by atoms with E-state index >= 15 is 0 Å². The molecule has 54 valence electrons. The van der Waals surface area contributed by atoms with Crippen molar-refractivity contribution in [2.75, 3.05) is 0 Å². The normalized spacial score (nSPS) is 9.70. The number of allylic oxidation sites excluding steroid dienone is 1. The van der Waals surface area contributed by atoms with Crippen LogP contribution in [0.15, 0.2) is 18.3 Å². The van der Waals surface area contributed by atoms with E-state index in [9.17, 15) is 0 Å². The second kappa shape index (κ2) is 3.52. The van der Waals surface area contributed by atoms with Crippen molar-refractivity contribution >= 4 is 16.9 Å². The highest BCUT2D eigenvalue weighted by atomic mass is 32.1. The minimum Gasteiger partial charge on any atom is -0.253 e. The fraction of sp³-hybridized carbons (Fsp3) is 0.375. The van der Waals surface area contributed by atoms with E-state index in [1.54, 1.807) is 11.3 Å². The Morgan fingerprint density at radius 1 is 1.80 bits per heavy atom. The molecule has 0 aliphatic carbocycles. The van der Waals surface area contributed by atoms with E-state index in [1.165, 1.54) is 10.5 Å². The van der Waals surface area contributed by atoms with Crippen molar-refractivity contribution in [1.29, 1.82) is 0 Å². The molecule has 2 heteroatoms. The molecule has 0 atom stereocenters. The molecular formula is C8H11NS. The van der Waals surface area contributed by atoms with Gasteiger partial charge < -0.3 is 0 Å². The van der Waals surface area contributed by atoms with Gasteiger partial charge in [0.15, 0.2) is 0 Å². The van der Waals surface area contributed by atoms with Gasteiger partial charge in [0.25, 0.3) is 0 Å². The first-order valence-corrected chi connectivity index (χ1v) is 4.29. The zero-order chi connectivity index (χ0) is 7.40. The standard InChI is InChI=1S/C8H11NS/c1-3-4-7(2)8-5-9-6-10-8/h5-6H,2-4H2,1H3. The molecule has 0 amide bonds. The predicted molar refractivity (Wildman–Crippen MR) is 46.1 cm³/mol. The van der Waals surface area contributed by atoms with Crippen molar-refractivity contribution in [1.82, 2.24) is 4.98 Å². The van der Waals surface area contributed by atoms with Gasteiger partial charge in [0.05, 0.1) is 5.51 Å². The first kappa shape index (κ1) is 7.48. The van der Waals surface area contributed by atoms with Gasteiger partial charge in [0.1, 0.15) is 0 Å². The smallest absolute Gasteiger partial charge is 0.0797 e. The highest BCUT2D eigenvalue weighted by Gasteiger charge is 1.97. The van der Waals surface area contributed by atoms with Gasteiger partial charge in [0, 0.05) is 11.1 Å². The van der Waals surface area contributed by atoms with Crippen LogP contribution in [0.25, 0.3) is 5.57 Å². The summed E-state index contributed by atoms with van der Waals surface area (Å²) in [5.41, 5.74) is 3.06. The summed E-state index contributed by atoms with van der Waals surface area (Å²) in [6.45, 7) is 6.12. The Balaban J connectivity index is 2.59. The Morgan fingerprint density at radius 2 is 2.60 bits per heavy atom. The maximum atomic E-state index is 3.98. The van der Waals surface area contributed by atoms with Crippen molar-refractivity contribution in [2.45, 2.75) is 19.8 Å². The number of aromatic nitrogens is 1. The van der Waals surface area contributed by atoms with Gasteiger partial charge in [-0.25, -0.2) is 0 Å². The van der Waals surface area contributed by atoms with Crippen LogP contribution in [0.2, 0.25) is 0 Å². The van der Waals surface area contributed by atoms with Crippen molar-refractivity contribution in [3.05, 3.63) is 23.2 Å². The maximum Gasteiger partial charge on any atom is 0.0797 e. The Kier molecular flexibility index (Phi) is 2.63. The van der Waals surface area contributed by atoms with Crippen molar-refractivity contribution in [3.63, 3.8) is 0 Å². The minimum absolute atomic E-state index is 1.09. The van der Waals surface area contributed by atoms with Gasteiger partial charge in [-0.3, -0.25) is 4.98 Å². The topological polar surface area (TPSA) is 12.9 Å².